The van der Waals surface area contributed by atoms with Gasteiger partial charge >= 0.3 is 0 Å². The van der Waals surface area contributed by atoms with Crippen LogP contribution in [0.25, 0.3) is 0 Å². The summed E-state index contributed by atoms with van der Waals surface area (Å²) < 4.78 is 0. The minimum absolute atomic E-state index is 0.665. The third-order valence-electron chi connectivity index (χ3n) is 1.16. The zero-order valence-electron chi connectivity index (χ0n) is 7.71. The lowest BCUT2D eigenvalue weighted by molar-refractivity contribution is 0.832. The highest BCUT2D eigenvalue weighted by Gasteiger charge is 1.79. The van der Waals surface area contributed by atoms with Gasteiger partial charge in [-0.3, -0.25) is 0 Å². The Morgan fingerprint density at radius 1 is 1.27 bits per heavy atom. The van der Waals surface area contributed by atoms with Crippen LogP contribution in [-0.2, 0) is 0 Å². The normalized spacial score (nSPS) is 12.4. The van der Waals surface area contributed by atoms with Crippen LogP contribution in [0.2, 0.25) is 0 Å². The van der Waals surface area contributed by atoms with E-state index in [1.807, 2.05) is 11.8 Å². The van der Waals surface area contributed by atoms with Crippen LogP contribution in [0, 0.1) is 5.92 Å². The van der Waals surface area contributed by atoms with Crippen LogP contribution < -0.4 is 0 Å². The van der Waals surface area contributed by atoms with Gasteiger partial charge in [0, 0.05) is 5.75 Å². The zero-order valence-corrected chi connectivity index (χ0v) is 8.53. The molecule has 0 amide bonds. The van der Waals surface area contributed by atoms with Crippen molar-refractivity contribution in [1.29, 1.82) is 0 Å². The van der Waals surface area contributed by atoms with Gasteiger partial charge in [0.05, 0.1) is 0 Å². The Kier molecular flexibility index (Phi) is 7.81. The van der Waals surface area contributed by atoms with E-state index in [1.54, 1.807) is 0 Å². The fraction of sp³-hybridized carbons (Fsp3) is 0.600. The number of allylic oxidation sites excluding steroid dienone is 3. The topological polar surface area (TPSA) is 0 Å². The van der Waals surface area contributed by atoms with Gasteiger partial charge < -0.3 is 0 Å². The predicted octanol–water partition coefficient (Wildman–Crippen LogP) is 3.51. The third-order valence-corrected chi connectivity index (χ3v) is 2.00. The highest BCUT2D eigenvalue weighted by atomic mass is 32.2. The lowest BCUT2D eigenvalue weighted by atomic mass is 10.2. The summed E-state index contributed by atoms with van der Waals surface area (Å²) in [6.45, 7) is 6.55. The molecule has 0 saturated heterocycles. The smallest absolute Gasteiger partial charge is 0.0116 e. The largest absolute Gasteiger partial charge is 0.158 e. The third kappa shape index (κ3) is 9.83. The van der Waals surface area contributed by atoms with Gasteiger partial charge in [0.15, 0.2) is 0 Å². The van der Waals surface area contributed by atoms with Crippen molar-refractivity contribution < 1.29 is 0 Å². The van der Waals surface area contributed by atoms with Crippen LogP contribution >= 0.6 is 11.8 Å². The van der Waals surface area contributed by atoms with Gasteiger partial charge in [-0.15, -0.1) is 0 Å². The molecule has 64 valence electrons. The van der Waals surface area contributed by atoms with Crippen LogP contribution in [0.3, 0.4) is 0 Å². The molecule has 0 unspecified atom stereocenters. The standard InChI is InChI=1S/C10H18S/c1-4-11-9-7-5-6-8-10(2)3/h5-8,10H,4,9H2,1-3H3/b7-5+,8-6+. The lowest BCUT2D eigenvalue weighted by Gasteiger charge is -1.90. The van der Waals surface area contributed by atoms with E-state index >= 15 is 0 Å². The van der Waals surface area contributed by atoms with E-state index in [0.29, 0.717) is 5.92 Å². The van der Waals surface area contributed by atoms with Crippen molar-refractivity contribution in [2.45, 2.75) is 20.8 Å². The quantitative estimate of drug-likeness (QED) is 0.449. The fourth-order valence-electron chi connectivity index (χ4n) is 0.606. The second-order valence-electron chi connectivity index (χ2n) is 2.72. The molecule has 0 atom stereocenters. The lowest BCUT2D eigenvalue weighted by Crippen LogP contribution is -1.75. The summed E-state index contributed by atoms with van der Waals surface area (Å²) >= 11 is 1.95. The Morgan fingerprint density at radius 2 is 2.00 bits per heavy atom. The molecular weight excluding hydrogens is 152 g/mol. The number of rotatable bonds is 5. The van der Waals surface area contributed by atoms with Crippen molar-refractivity contribution in [3.8, 4) is 0 Å². The Bertz CT molecular complexity index is 123. The van der Waals surface area contributed by atoms with E-state index in [2.05, 4.69) is 45.1 Å². The minimum atomic E-state index is 0.665. The van der Waals surface area contributed by atoms with Crippen LogP contribution in [-0.4, -0.2) is 11.5 Å². The van der Waals surface area contributed by atoms with Gasteiger partial charge in [-0.25, -0.2) is 0 Å². The van der Waals surface area contributed by atoms with Crippen LogP contribution in [0.1, 0.15) is 20.8 Å². The molecule has 0 N–H and O–H groups in total. The molecule has 0 nitrogen and oxygen atoms in total. The maximum atomic E-state index is 2.20. The Labute approximate surface area is 74.8 Å². The molecule has 0 aromatic rings. The molecule has 11 heavy (non-hydrogen) atoms. The van der Waals surface area contributed by atoms with Crippen molar-refractivity contribution in [2.75, 3.05) is 11.5 Å². The molecule has 0 aromatic heterocycles. The van der Waals surface area contributed by atoms with Crippen LogP contribution in [0.4, 0.5) is 0 Å². The fourth-order valence-corrected chi connectivity index (χ4v) is 1.09. The van der Waals surface area contributed by atoms with Gasteiger partial charge in [-0.2, -0.15) is 11.8 Å². The molecule has 0 fully saturated rings. The summed E-state index contributed by atoms with van der Waals surface area (Å²) in [6.07, 6.45) is 8.66. The Balaban J connectivity index is 3.29. The molecule has 0 saturated carbocycles. The molecule has 0 radical (unpaired) electrons. The molecule has 0 aromatic carbocycles. The molecule has 0 rings (SSSR count). The number of hydrogen-bond acceptors (Lipinski definition) is 1. The van der Waals surface area contributed by atoms with Crippen molar-refractivity contribution in [2.24, 2.45) is 5.92 Å². The molecular formula is C10H18S. The number of hydrogen-bond donors (Lipinski definition) is 0. The van der Waals surface area contributed by atoms with Crippen molar-refractivity contribution >= 4 is 11.8 Å². The van der Waals surface area contributed by atoms with Gasteiger partial charge in [0.25, 0.3) is 0 Å². The first kappa shape index (κ1) is 10.8. The predicted molar refractivity (Wildman–Crippen MR) is 56.1 cm³/mol. The molecule has 0 bridgehead atoms. The highest BCUT2D eigenvalue weighted by molar-refractivity contribution is 7.99. The molecule has 0 spiro atoms. The van der Waals surface area contributed by atoms with Gasteiger partial charge in [0.2, 0.25) is 0 Å². The zero-order chi connectivity index (χ0) is 8.53. The molecule has 1 heteroatoms. The van der Waals surface area contributed by atoms with E-state index in [0.717, 1.165) is 5.75 Å². The first-order valence-corrected chi connectivity index (χ1v) is 5.34. The van der Waals surface area contributed by atoms with Crippen molar-refractivity contribution in [3.05, 3.63) is 24.3 Å². The van der Waals surface area contributed by atoms with Crippen LogP contribution in [0.15, 0.2) is 24.3 Å². The molecule has 0 aliphatic rings. The summed E-state index contributed by atoms with van der Waals surface area (Å²) in [7, 11) is 0. The molecule has 0 aliphatic carbocycles. The summed E-state index contributed by atoms with van der Waals surface area (Å²) in [5.41, 5.74) is 0. The van der Waals surface area contributed by atoms with Gasteiger partial charge in [0.1, 0.15) is 0 Å². The SMILES string of the molecule is CCSC/C=C/C=C/C(C)C. The van der Waals surface area contributed by atoms with Gasteiger partial charge in [-0.05, 0) is 11.7 Å². The average molecular weight is 170 g/mol. The van der Waals surface area contributed by atoms with Gasteiger partial charge in [-0.1, -0.05) is 45.1 Å². The monoisotopic (exact) mass is 170 g/mol. The van der Waals surface area contributed by atoms with Crippen LogP contribution in [0.5, 0.6) is 0 Å². The maximum Gasteiger partial charge on any atom is 0.0116 e. The minimum Gasteiger partial charge on any atom is -0.158 e. The van der Waals surface area contributed by atoms with E-state index in [9.17, 15) is 0 Å². The summed E-state index contributed by atoms with van der Waals surface area (Å²) in [5.74, 6) is 3.01. The summed E-state index contributed by atoms with van der Waals surface area (Å²) in [5, 5.41) is 0. The van der Waals surface area contributed by atoms with Crippen molar-refractivity contribution in [3.63, 3.8) is 0 Å². The summed E-state index contributed by atoms with van der Waals surface area (Å²) in [4.78, 5) is 0. The first-order valence-electron chi connectivity index (χ1n) is 4.18. The van der Waals surface area contributed by atoms with E-state index in [-0.39, 0.29) is 0 Å². The average Bonchev–Trinajstić information content (AvgIpc) is 1.96. The molecule has 0 aliphatic heterocycles. The Hall–Kier alpha value is -0.170. The summed E-state index contributed by atoms with van der Waals surface area (Å²) in [6, 6.07) is 0. The van der Waals surface area contributed by atoms with E-state index in [1.165, 1.54) is 5.75 Å². The van der Waals surface area contributed by atoms with E-state index in [4.69, 9.17) is 0 Å². The second kappa shape index (κ2) is 7.93. The molecule has 0 heterocycles. The van der Waals surface area contributed by atoms with Crippen molar-refractivity contribution in [1.82, 2.24) is 0 Å². The highest BCUT2D eigenvalue weighted by Crippen LogP contribution is 1.98. The first-order chi connectivity index (χ1) is 5.27. The van der Waals surface area contributed by atoms with E-state index < -0.39 is 0 Å². The maximum absolute atomic E-state index is 2.20. The second-order valence-corrected chi connectivity index (χ2v) is 4.04. The Morgan fingerprint density at radius 3 is 2.55 bits per heavy atom. The number of thioether (sulfide) groups is 1.